The van der Waals surface area contributed by atoms with Gasteiger partial charge in [0.15, 0.2) is 0 Å². The fraction of sp³-hybridized carbons (Fsp3) is 0.364. The lowest BCUT2D eigenvalue weighted by Gasteiger charge is -2.23. The molecule has 1 heterocycles. The van der Waals surface area contributed by atoms with Crippen molar-refractivity contribution >= 4 is 23.3 Å². The van der Waals surface area contributed by atoms with E-state index in [1.807, 2.05) is 6.92 Å². The Morgan fingerprint density at radius 3 is 2.88 bits per heavy atom. The number of aliphatic imine (C=N–C) groups is 1. The molecule has 0 bridgehead atoms. The highest BCUT2D eigenvalue weighted by molar-refractivity contribution is 8.00. The fourth-order valence-corrected chi connectivity index (χ4v) is 2.58. The number of hydrogen-bond donors (Lipinski definition) is 2. The summed E-state index contributed by atoms with van der Waals surface area (Å²) in [7, 11) is 0. The standard InChI is InChI=1S/C11H14FN3S/c1-6-11(14)15-10(5-16-6)8-4-7(13)2-3-9(8)12/h2-4,6,10H,5,13H2,1H3,(H2,14,15). The molecule has 4 N–H and O–H groups in total. The molecule has 0 aromatic heterocycles. The zero-order valence-corrected chi connectivity index (χ0v) is 9.80. The van der Waals surface area contributed by atoms with Gasteiger partial charge in [0.1, 0.15) is 11.7 Å². The Morgan fingerprint density at radius 2 is 2.19 bits per heavy atom. The van der Waals surface area contributed by atoms with Gasteiger partial charge in [0.05, 0.1) is 11.3 Å². The number of hydrogen-bond acceptors (Lipinski definition) is 4. The summed E-state index contributed by atoms with van der Waals surface area (Å²) in [6.07, 6.45) is 0. The van der Waals surface area contributed by atoms with E-state index < -0.39 is 0 Å². The maximum Gasteiger partial charge on any atom is 0.128 e. The molecule has 0 aliphatic carbocycles. The predicted octanol–water partition coefficient (Wildman–Crippen LogP) is 1.94. The van der Waals surface area contributed by atoms with Gasteiger partial charge >= 0.3 is 0 Å². The van der Waals surface area contributed by atoms with Crippen LogP contribution in [0.5, 0.6) is 0 Å². The molecule has 0 saturated heterocycles. The first kappa shape index (κ1) is 11.3. The van der Waals surface area contributed by atoms with E-state index in [0.29, 0.717) is 17.1 Å². The second-order valence-electron chi connectivity index (χ2n) is 3.83. The van der Waals surface area contributed by atoms with E-state index in [1.54, 1.807) is 23.9 Å². The summed E-state index contributed by atoms with van der Waals surface area (Å²) in [6.45, 7) is 2.00. The van der Waals surface area contributed by atoms with Gasteiger partial charge in [-0.05, 0) is 25.1 Å². The molecule has 0 saturated carbocycles. The number of rotatable bonds is 1. The van der Waals surface area contributed by atoms with E-state index in [2.05, 4.69) is 4.99 Å². The lowest BCUT2D eigenvalue weighted by molar-refractivity contribution is 0.595. The zero-order chi connectivity index (χ0) is 11.7. The lowest BCUT2D eigenvalue weighted by Crippen LogP contribution is -2.29. The molecule has 2 atom stereocenters. The Kier molecular flexibility index (Phi) is 3.05. The van der Waals surface area contributed by atoms with Crippen LogP contribution in [0.3, 0.4) is 0 Å². The third-order valence-electron chi connectivity index (χ3n) is 2.60. The molecular formula is C11H14FN3S. The molecule has 86 valence electrons. The van der Waals surface area contributed by atoms with E-state index in [9.17, 15) is 4.39 Å². The van der Waals surface area contributed by atoms with E-state index >= 15 is 0 Å². The van der Waals surface area contributed by atoms with Crippen molar-refractivity contribution in [3.8, 4) is 0 Å². The Labute approximate surface area is 98.1 Å². The molecule has 0 fully saturated rings. The summed E-state index contributed by atoms with van der Waals surface area (Å²) in [5.74, 6) is 1.04. The van der Waals surface area contributed by atoms with Crippen molar-refractivity contribution in [2.45, 2.75) is 18.2 Å². The molecular weight excluding hydrogens is 225 g/mol. The van der Waals surface area contributed by atoms with Crippen LogP contribution in [0, 0.1) is 5.82 Å². The zero-order valence-electron chi connectivity index (χ0n) is 8.98. The molecule has 5 heteroatoms. The number of benzene rings is 1. The SMILES string of the molecule is CC1SCC(c2cc(N)ccc2F)N=C1N. The molecule has 1 aromatic rings. The van der Waals surface area contributed by atoms with Crippen molar-refractivity contribution in [2.24, 2.45) is 10.7 Å². The van der Waals surface area contributed by atoms with Crippen molar-refractivity contribution in [3.05, 3.63) is 29.6 Å². The smallest absolute Gasteiger partial charge is 0.128 e. The lowest BCUT2D eigenvalue weighted by atomic mass is 10.1. The van der Waals surface area contributed by atoms with Crippen molar-refractivity contribution in [3.63, 3.8) is 0 Å². The van der Waals surface area contributed by atoms with Crippen molar-refractivity contribution in [1.29, 1.82) is 0 Å². The van der Waals surface area contributed by atoms with Gasteiger partial charge < -0.3 is 11.5 Å². The number of nitrogens with two attached hydrogens (primary N) is 2. The number of amidine groups is 1. The van der Waals surface area contributed by atoms with Gasteiger partial charge in [-0.2, -0.15) is 0 Å². The summed E-state index contributed by atoms with van der Waals surface area (Å²) in [6, 6.07) is 4.33. The predicted molar refractivity (Wildman–Crippen MR) is 67.1 cm³/mol. The van der Waals surface area contributed by atoms with Gasteiger partial charge in [0.25, 0.3) is 0 Å². The van der Waals surface area contributed by atoms with E-state index in [1.165, 1.54) is 6.07 Å². The molecule has 0 amide bonds. The number of halogens is 1. The summed E-state index contributed by atoms with van der Waals surface area (Å²) in [4.78, 5) is 4.31. The molecule has 1 aliphatic rings. The topological polar surface area (TPSA) is 64.4 Å². The van der Waals surface area contributed by atoms with Gasteiger partial charge in [-0.3, -0.25) is 4.99 Å². The van der Waals surface area contributed by atoms with E-state index in [0.717, 1.165) is 5.75 Å². The van der Waals surface area contributed by atoms with Crippen LogP contribution in [0.2, 0.25) is 0 Å². The van der Waals surface area contributed by atoms with Crippen LogP contribution in [0.25, 0.3) is 0 Å². The Bertz CT molecular complexity index is 433. The Morgan fingerprint density at radius 1 is 1.44 bits per heavy atom. The number of nitrogen functional groups attached to an aromatic ring is 1. The monoisotopic (exact) mass is 239 g/mol. The van der Waals surface area contributed by atoms with Crippen LogP contribution in [0.1, 0.15) is 18.5 Å². The van der Waals surface area contributed by atoms with Crippen molar-refractivity contribution < 1.29 is 4.39 Å². The normalized spacial score (nSPS) is 25.2. The van der Waals surface area contributed by atoms with Crippen molar-refractivity contribution in [2.75, 3.05) is 11.5 Å². The van der Waals surface area contributed by atoms with Gasteiger partial charge in [-0.25, -0.2) is 4.39 Å². The van der Waals surface area contributed by atoms with Crippen LogP contribution in [0.4, 0.5) is 10.1 Å². The maximum absolute atomic E-state index is 13.6. The van der Waals surface area contributed by atoms with Crippen LogP contribution >= 0.6 is 11.8 Å². The molecule has 1 aliphatic heterocycles. The largest absolute Gasteiger partial charge is 0.399 e. The Balaban J connectivity index is 2.35. The summed E-state index contributed by atoms with van der Waals surface area (Å²) < 4.78 is 13.6. The quantitative estimate of drug-likeness (QED) is 0.736. The third-order valence-corrected chi connectivity index (χ3v) is 3.85. The first-order valence-electron chi connectivity index (χ1n) is 5.07. The van der Waals surface area contributed by atoms with Crippen LogP contribution in [-0.2, 0) is 0 Å². The number of anilines is 1. The molecule has 1 aromatic carbocycles. The van der Waals surface area contributed by atoms with E-state index in [4.69, 9.17) is 11.5 Å². The number of nitrogens with zero attached hydrogens (tertiary/aromatic N) is 1. The summed E-state index contributed by atoms with van der Waals surface area (Å²) in [5, 5.41) is 0.209. The average Bonchev–Trinajstić information content (AvgIpc) is 2.26. The maximum atomic E-state index is 13.6. The van der Waals surface area contributed by atoms with Gasteiger partial charge in [-0.1, -0.05) is 0 Å². The molecule has 16 heavy (non-hydrogen) atoms. The first-order valence-corrected chi connectivity index (χ1v) is 6.12. The minimum Gasteiger partial charge on any atom is -0.399 e. The fourth-order valence-electron chi connectivity index (χ4n) is 1.62. The van der Waals surface area contributed by atoms with Gasteiger partial charge in [-0.15, -0.1) is 11.8 Å². The van der Waals surface area contributed by atoms with Gasteiger partial charge in [0, 0.05) is 17.0 Å². The van der Waals surface area contributed by atoms with Crippen molar-refractivity contribution in [1.82, 2.24) is 0 Å². The second kappa shape index (κ2) is 4.33. The molecule has 0 spiro atoms. The molecule has 2 rings (SSSR count). The first-order chi connectivity index (χ1) is 7.58. The Hall–Kier alpha value is -1.23. The summed E-state index contributed by atoms with van der Waals surface area (Å²) in [5.41, 5.74) is 12.5. The third kappa shape index (κ3) is 2.14. The highest BCUT2D eigenvalue weighted by Gasteiger charge is 2.23. The summed E-state index contributed by atoms with van der Waals surface area (Å²) >= 11 is 1.68. The van der Waals surface area contributed by atoms with Crippen LogP contribution in [0.15, 0.2) is 23.2 Å². The van der Waals surface area contributed by atoms with Crippen LogP contribution in [-0.4, -0.2) is 16.8 Å². The molecule has 0 radical (unpaired) electrons. The highest BCUT2D eigenvalue weighted by atomic mass is 32.2. The van der Waals surface area contributed by atoms with E-state index in [-0.39, 0.29) is 17.1 Å². The molecule has 2 unspecified atom stereocenters. The minimum atomic E-state index is -0.272. The minimum absolute atomic E-state index is 0.209. The molecule has 3 nitrogen and oxygen atoms in total. The second-order valence-corrected chi connectivity index (χ2v) is 5.20. The average molecular weight is 239 g/mol. The highest BCUT2D eigenvalue weighted by Crippen LogP contribution is 2.31. The van der Waals surface area contributed by atoms with Crippen LogP contribution < -0.4 is 11.5 Å². The number of thioether (sulfide) groups is 1. The van der Waals surface area contributed by atoms with Gasteiger partial charge in [0.2, 0.25) is 0 Å².